The summed E-state index contributed by atoms with van der Waals surface area (Å²) < 4.78 is 12.4. The molecule has 0 bridgehead atoms. The van der Waals surface area contributed by atoms with Gasteiger partial charge in [-0.05, 0) is 66.4 Å². The van der Waals surface area contributed by atoms with Crippen LogP contribution in [0, 0.1) is 0 Å². The van der Waals surface area contributed by atoms with Gasteiger partial charge in [-0.25, -0.2) is 4.79 Å². The minimum Gasteiger partial charge on any atom is -0.490 e. The molecule has 0 radical (unpaired) electrons. The van der Waals surface area contributed by atoms with Crippen molar-refractivity contribution in [2.45, 2.75) is 46.6 Å². The summed E-state index contributed by atoms with van der Waals surface area (Å²) in [5.41, 5.74) is 0.993. The molecule has 26 heavy (non-hydrogen) atoms. The second kappa shape index (κ2) is 9.07. The number of hydrogen-bond donors (Lipinski definition) is 1. The van der Waals surface area contributed by atoms with Crippen molar-refractivity contribution in [3.8, 4) is 11.5 Å². The first-order valence-electron chi connectivity index (χ1n) is 8.88. The van der Waals surface area contributed by atoms with Gasteiger partial charge in [-0.2, -0.15) is 0 Å². The standard InChI is InChI=1S/C19H25BrN2O4/c1-5-8-22-18(23)15(21-19(22)24)10-13-9-14(20)17(26-12(4)6-2)16(11-13)25-7-3/h9-12H,5-8H2,1-4H3,(H,21,24)/b15-10+/t12-/m1/s1. The fourth-order valence-corrected chi connectivity index (χ4v) is 3.05. The van der Waals surface area contributed by atoms with Crippen molar-refractivity contribution in [1.82, 2.24) is 10.2 Å². The van der Waals surface area contributed by atoms with E-state index in [-0.39, 0.29) is 23.7 Å². The highest BCUT2D eigenvalue weighted by Gasteiger charge is 2.32. The molecule has 1 aliphatic heterocycles. The van der Waals surface area contributed by atoms with Crippen molar-refractivity contribution in [1.29, 1.82) is 0 Å². The average molecular weight is 425 g/mol. The van der Waals surface area contributed by atoms with E-state index in [9.17, 15) is 9.59 Å². The third-order valence-electron chi connectivity index (χ3n) is 3.95. The first kappa shape index (κ1) is 20.3. The average Bonchev–Trinajstić information content (AvgIpc) is 2.86. The number of rotatable bonds is 8. The summed E-state index contributed by atoms with van der Waals surface area (Å²) in [6.07, 6.45) is 3.29. The van der Waals surface area contributed by atoms with Gasteiger partial charge in [0, 0.05) is 6.54 Å². The number of carbonyl (C=O) groups excluding carboxylic acids is 2. The maximum absolute atomic E-state index is 12.4. The smallest absolute Gasteiger partial charge is 0.329 e. The van der Waals surface area contributed by atoms with Crippen LogP contribution in [0.15, 0.2) is 22.3 Å². The number of amides is 3. The Bertz CT molecular complexity index is 718. The molecule has 7 heteroatoms. The van der Waals surface area contributed by atoms with E-state index in [1.165, 1.54) is 4.90 Å². The molecule has 3 amide bonds. The second-order valence-electron chi connectivity index (χ2n) is 6.04. The Balaban J connectivity index is 2.36. The van der Waals surface area contributed by atoms with Crippen LogP contribution in [0.2, 0.25) is 0 Å². The lowest BCUT2D eigenvalue weighted by Crippen LogP contribution is -2.31. The van der Waals surface area contributed by atoms with Crippen molar-refractivity contribution < 1.29 is 19.1 Å². The van der Waals surface area contributed by atoms with Crippen molar-refractivity contribution >= 4 is 33.9 Å². The quantitative estimate of drug-likeness (QED) is 0.498. The first-order chi connectivity index (χ1) is 12.4. The summed E-state index contributed by atoms with van der Waals surface area (Å²) in [5, 5.41) is 2.63. The zero-order valence-corrected chi connectivity index (χ0v) is 17.2. The number of hydrogen-bond acceptors (Lipinski definition) is 4. The summed E-state index contributed by atoms with van der Waals surface area (Å²) in [5.74, 6) is 0.916. The zero-order chi connectivity index (χ0) is 19.3. The highest BCUT2D eigenvalue weighted by Crippen LogP contribution is 2.38. The van der Waals surface area contributed by atoms with Gasteiger partial charge >= 0.3 is 6.03 Å². The Morgan fingerprint density at radius 3 is 2.62 bits per heavy atom. The highest BCUT2D eigenvalue weighted by atomic mass is 79.9. The van der Waals surface area contributed by atoms with Crippen LogP contribution >= 0.6 is 15.9 Å². The van der Waals surface area contributed by atoms with Gasteiger partial charge in [-0.3, -0.25) is 9.69 Å². The van der Waals surface area contributed by atoms with Crippen LogP contribution in [0.25, 0.3) is 6.08 Å². The minimum absolute atomic E-state index is 0.0491. The fraction of sp³-hybridized carbons (Fsp3) is 0.474. The van der Waals surface area contributed by atoms with Crippen molar-refractivity contribution in [2.24, 2.45) is 0 Å². The molecule has 142 valence electrons. The number of nitrogens with one attached hydrogen (secondary N) is 1. The largest absolute Gasteiger partial charge is 0.490 e. The molecule has 1 atom stereocenters. The van der Waals surface area contributed by atoms with Crippen molar-refractivity contribution in [3.05, 3.63) is 27.9 Å². The molecule has 1 aliphatic rings. The summed E-state index contributed by atoms with van der Waals surface area (Å²) in [7, 11) is 0. The van der Waals surface area contributed by atoms with Crippen LogP contribution in [0.4, 0.5) is 4.79 Å². The van der Waals surface area contributed by atoms with E-state index in [0.717, 1.165) is 16.5 Å². The molecule has 0 aromatic heterocycles. The molecule has 1 aromatic carbocycles. The topological polar surface area (TPSA) is 67.9 Å². The molecule has 0 saturated carbocycles. The normalized spacial score (nSPS) is 16.8. The van der Waals surface area contributed by atoms with Gasteiger partial charge in [-0.15, -0.1) is 0 Å². The monoisotopic (exact) mass is 424 g/mol. The van der Waals surface area contributed by atoms with E-state index in [0.29, 0.717) is 31.1 Å². The third kappa shape index (κ3) is 4.58. The molecule has 1 fully saturated rings. The van der Waals surface area contributed by atoms with E-state index < -0.39 is 0 Å². The molecule has 1 aromatic rings. The number of carbonyl (C=O) groups is 2. The van der Waals surface area contributed by atoms with E-state index in [2.05, 4.69) is 21.2 Å². The molecule has 1 saturated heterocycles. The van der Waals surface area contributed by atoms with Crippen LogP contribution in [-0.2, 0) is 4.79 Å². The lowest BCUT2D eigenvalue weighted by Gasteiger charge is -2.18. The summed E-state index contributed by atoms with van der Waals surface area (Å²) in [4.78, 5) is 25.5. The van der Waals surface area contributed by atoms with E-state index in [1.54, 1.807) is 12.1 Å². The van der Waals surface area contributed by atoms with Crippen LogP contribution in [0.5, 0.6) is 11.5 Å². The minimum atomic E-state index is -0.385. The molecular weight excluding hydrogens is 400 g/mol. The lowest BCUT2D eigenvalue weighted by molar-refractivity contribution is -0.122. The fourth-order valence-electron chi connectivity index (χ4n) is 2.50. The number of halogens is 1. The van der Waals surface area contributed by atoms with E-state index in [1.807, 2.05) is 33.8 Å². The molecule has 0 aliphatic carbocycles. The van der Waals surface area contributed by atoms with Gasteiger partial charge in [0.05, 0.1) is 17.2 Å². The molecular formula is C19H25BrN2O4. The lowest BCUT2D eigenvalue weighted by atomic mass is 10.1. The Morgan fingerprint density at radius 2 is 2.00 bits per heavy atom. The predicted octanol–water partition coefficient (Wildman–Crippen LogP) is 4.33. The third-order valence-corrected chi connectivity index (χ3v) is 4.54. The molecule has 0 unspecified atom stereocenters. The number of urea groups is 1. The zero-order valence-electron chi connectivity index (χ0n) is 15.6. The number of ether oxygens (including phenoxy) is 2. The Morgan fingerprint density at radius 1 is 1.27 bits per heavy atom. The van der Waals surface area contributed by atoms with Crippen LogP contribution in [0.1, 0.15) is 46.1 Å². The van der Waals surface area contributed by atoms with Crippen LogP contribution < -0.4 is 14.8 Å². The van der Waals surface area contributed by atoms with Gasteiger partial charge in [0.25, 0.3) is 5.91 Å². The van der Waals surface area contributed by atoms with Gasteiger partial charge in [0.1, 0.15) is 5.70 Å². The van der Waals surface area contributed by atoms with Gasteiger partial charge in [-0.1, -0.05) is 13.8 Å². The Kier molecular flexibility index (Phi) is 7.08. The number of benzene rings is 1. The molecule has 2 rings (SSSR count). The number of imide groups is 1. The molecule has 1 heterocycles. The Hall–Kier alpha value is -2.02. The maximum atomic E-state index is 12.4. The second-order valence-corrected chi connectivity index (χ2v) is 6.90. The van der Waals surface area contributed by atoms with Crippen LogP contribution in [-0.4, -0.2) is 36.1 Å². The highest BCUT2D eigenvalue weighted by molar-refractivity contribution is 9.10. The summed E-state index contributed by atoms with van der Waals surface area (Å²) in [6.45, 7) is 8.75. The molecule has 0 spiro atoms. The summed E-state index contributed by atoms with van der Waals surface area (Å²) >= 11 is 3.52. The maximum Gasteiger partial charge on any atom is 0.329 e. The summed E-state index contributed by atoms with van der Waals surface area (Å²) in [6, 6.07) is 3.26. The Labute approximate surface area is 162 Å². The van der Waals surface area contributed by atoms with Crippen molar-refractivity contribution in [2.75, 3.05) is 13.2 Å². The SMILES string of the molecule is CCCN1C(=O)N/C(=C/c2cc(Br)c(O[C@H](C)CC)c(OCC)c2)C1=O. The van der Waals surface area contributed by atoms with Crippen LogP contribution in [0.3, 0.4) is 0 Å². The molecule has 6 nitrogen and oxygen atoms in total. The van der Waals surface area contributed by atoms with E-state index in [4.69, 9.17) is 9.47 Å². The van der Waals surface area contributed by atoms with Gasteiger partial charge in [0.15, 0.2) is 11.5 Å². The first-order valence-corrected chi connectivity index (χ1v) is 9.68. The van der Waals surface area contributed by atoms with Gasteiger partial charge < -0.3 is 14.8 Å². The van der Waals surface area contributed by atoms with Gasteiger partial charge in [0.2, 0.25) is 0 Å². The molecule has 1 N–H and O–H groups in total. The number of nitrogens with zero attached hydrogens (tertiary/aromatic N) is 1. The predicted molar refractivity (Wildman–Crippen MR) is 104 cm³/mol. The van der Waals surface area contributed by atoms with Crippen molar-refractivity contribution in [3.63, 3.8) is 0 Å². The van der Waals surface area contributed by atoms with E-state index >= 15 is 0 Å².